The number of hydrogen-bond donors (Lipinski definition) is 1. The Morgan fingerprint density at radius 2 is 1.81 bits per heavy atom. The molecular weight excluding hydrogens is 334 g/mol. The zero-order valence-electron chi connectivity index (χ0n) is 14.7. The molecule has 0 radical (unpaired) electrons. The van der Waals surface area contributed by atoms with Crippen LogP contribution in [0.15, 0.2) is 48.5 Å². The molecule has 0 aliphatic carbocycles. The van der Waals surface area contributed by atoms with Crippen LogP contribution >= 0.6 is 0 Å². The van der Waals surface area contributed by atoms with Gasteiger partial charge in [-0.25, -0.2) is 4.79 Å². The summed E-state index contributed by atoms with van der Waals surface area (Å²) in [5, 5.41) is 9.62. The number of carboxylic acids is 1. The van der Waals surface area contributed by atoms with Crippen LogP contribution in [0.2, 0.25) is 0 Å². The maximum Gasteiger partial charge on any atom is 0.326 e. The SMILES string of the molecule is COc1cccc(C(=O)N2[C@@H](c3ccccc3OC)CC[C@H]2C(=O)O)c1. The van der Waals surface area contributed by atoms with E-state index in [4.69, 9.17) is 9.47 Å². The van der Waals surface area contributed by atoms with Crippen LogP contribution in [0.4, 0.5) is 0 Å². The zero-order valence-corrected chi connectivity index (χ0v) is 14.7. The highest BCUT2D eigenvalue weighted by Gasteiger charge is 2.42. The van der Waals surface area contributed by atoms with Crippen LogP contribution in [0.5, 0.6) is 11.5 Å². The first kappa shape index (κ1) is 17.8. The van der Waals surface area contributed by atoms with Gasteiger partial charge in [0.25, 0.3) is 5.91 Å². The van der Waals surface area contributed by atoms with Crippen LogP contribution in [0.25, 0.3) is 0 Å². The number of methoxy groups -OCH3 is 2. The van der Waals surface area contributed by atoms with Crippen LogP contribution in [-0.2, 0) is 4.79 Å². The van der Waals surface area contributed by atoms with E-state index in [2.05, 4.69) is 0 Å². The van der Waals surface area contributed by atoms with Gasteiger partial charge >= 0.3 is 5.97 Å². The molecule has 1 heterocycles. The lowest BCUT2D eigenvalue weighted by atomic mass is 10.0. The monoisotopic (exact) mass is 355 g/mol. The van der Waals surface area contributed by atoms with E-state index in [0.29, 0.717) is 29.9 Å². The van der Waals surface area contributed by atoms with Crippen LogP contribution in [0.3, 0.4) is 0 Å². The largest absolute Gasteiger partial charge is 0.497 e. The number of rotatable bonds is 5. The van der Waals surface area contributed by atoms with Gasteiger partial charge in [-0.3, -0.25) is 4.79 Å². The summed E-state index contributed by atoms with van der Waals surface area (Å²) in [4.78, 5) is 26.4. The summed E-state index contributed by atoms with van der Waals surface area (Å²) in [7, 11) is 3.09. The average Bonchev–Trinajstić information content (AvgIpc) is 3.12. The van der Waals surface area contributed by atoms with E-state index in [9.17, 15) is 14.7 Å². The molecule has 6 nitrogen and oxygen atoms in total. The third kappa shape index (κ3) is 3.22. The summed E-state index contributed by atoms with van der Waals surface area (Å²) in [6.07, 6.45) is 0.959. The van der Waals surface area contributed by atoms with Gasteiger partial charge < -0.3 is 19.5 Å². The Kier molecular flexibility index (Phi) is 5.11. The summed E-state index contributed by atoms with van der Waals surface area (Å²) >= 11 is 0. The van der Waals surface area contributed by atoms with Gasteiger partial charge in [0.2, 0.25) is 0 Å². The molecule has 0 bridgehead atoms. The van der Waals surface area contributed by atoms with Gasteiger partial charge in [-0.15, -0.1) is 0 Å². The first-order chi connectivity index (χ1) is 12.6. The minimum atomic E-state index is -1.00. The molecule has 2 aromatic carbocycles. The minimum absolute atomic E-state index is 0.329. The fourth-order valence-electron chi connectivity index (χ4n) is 3.49. The highest BCUT2D eigenvalue weighted by atomic mass is 16.5. The second kappa shape index (κ2) is 7.47. The fourth-order valence-corrected chi connectivity index (χ4v) is 3.49. The number of para-hydroxylation sites is 1. The number of amides is 1. The second-order valence-corrected chi connectivity index (χ2v) is 6.13. The molecule has 0 unspecified atom stereocenters. The van der Waals surface area contributed by atoms with E-state index in [0.717, 1.165) is 5.56 Å². The highest BCUT2D eigenvalue weighted by molar-refractivity contribution is 5.97. The van der Waals surface area contributed by atoms with Crippen molar-refractivity contribution in [2.24, 2.45) is 0 Å². The number of carbonyl (C=O) groups is 2. The van der Waals surface area contributed by atoms with Crippen molar-refractivity contribution in [1.82, 2.24) is 4.90 Å². The Hall–Kier alpha value is -3.02. The lowest BCUT2D eigenvalue weighted by Gasteiger charge is -2.29. The van der Waals surface area contributed by atoms with E-state index in [1.807, 2.05) is 24.3 Å². The molecule has 1 amide bonds. The van der Waals surface area contributed by atoms with Gasteiger partial charge in [-0.05, 0) is 37.1 Å². The highest BCUT2D eigenvalue weighted by Crippen LogP contribution is 2.41. The maximum atomic E-state index is 13.2. The van der Waals surface area contributed by atoms with Crippen molar-refractivity contribution in [1.29, 1.82) is 0 Å². The third-order valence-electron chi connectivity index (χ3n) is 4.72. The first-order valence-electron chi connectivity index (χ1n) is 8.39. The summed E-state index contributed by atoms with van der Waals surface area (Å²) in [5.41, 5.74) is 1.22. The summed E-state index contributed by atoms with van der Waals surface area (Å²) in [6.45, 7) is 0. The fraction of sp³-hybridized carbons (Fsp3) is 0.300. The van der Waals surface area contributed by atoms with Gasteiger partial charge in [-0.1, -0.05) is 24.3 Å². The van der Waals surface area contributed by atoms with Crippen LogP contribution < -0.4 is 9.47 Å². The molecule has 1 fully saturated rings. The Balaban J connectivity index is 2.02. The molecule has 1 aliphatic rings. The van der Waals surface area contributed by atoms with Gasteiger partial charge in [0.15, 0.2) is 0 Å². The normalized spacial score (nSPS) is 19.2. The molecule has 1 saturated heterocycles. The Morgan fingerprint density at radius 1 is 1.04 bits per heavy atom. The molecule has 6 heteroatoms. The average molecular weight is 355 g/mol. The van der Waals surface area contributed by atoms with Crippen LogP contribution in [0.1, 0.15) is 34.8 Å². The molecule has 26 heavy (non-hydrogen) atoms. The predicted molar refractivity (Wildman–Crippen MR) is 95.6 cm³/mol. The summed E-state index contributed by atoms with van der Waals surface area (Å²) in [6, 6.07) is 12.9. The number of likely N-dealkylation sites (tertiary alicyclic amines) is 1. The van der Waals surface area contributed by atoms with Crippen LogP contribution in [-0.4, -0.2) is 42.1 Å². The van der Waals surface area contributed by atoms with E-state index in [1.165, 1.54) is 12.0 Å². The molecule has 1 N–H and O–H groups in total. The molecular formula is C20H21NO5. The predicted octanol–water partition coefficient (Wildman–Crippen LogP) is 3.13. The van der Waals surface area contributed by atoms with Gasteiger partial charge in [0, 0.05) is 11.1 Å². The zero-order chi connectivity index (χ0) is 18.7. The van der Waals surface area contributed by atoms with E-state index in [1.54, 1.807) is 31.4 Å². The Morgan fingerprint density at radius 3 is 2.50 bits per heavy atom. The van der Waals surface area contributed by atoms with E-state index < -0.39 is 12.0 Å². The standard InChI is InChI=1S/C20H21NO5/c1-25-14-7-5-6-13(12-14)19(22)21-16(10-11-17(21)20(23)24)15-8-3-4-9-18(15)26-2/h3-9,12,16-17H,10-11H2,1-2H3,(H,23,24)/t16-,17+/m1/s1. The van der Waals surface area contributed by atoms with Crippen molar-refractivity contribution in [2.45, 2.75) is 24.9 Å². The molecule has 0 spiro atoms. The Bertz CT molecular complexity index is 819. The number of ether oxygens (including phenoxy) is 2. The lowest BCUT2D eigenvalue weighted by Crippen LogP contribution is -2.41. The van der Waals surface area contributed by atoms with Gasteiger partial charge in [0.05, 0.1) is 20.3 Å². The van der Waals surface area contributed by atoms with Crippen molar-refractivity contribution >= 4 is 11.9 Å². The molecule has 2 aromatic rings. The van der Waals surface area contributed by atoms with Crippen LogP contribution in [0, 0.1) is 0 Å². The van der Waals surface area contributed by atoms with Crippen molar-refractivity contribution in [3.63, 3.8) is 0 Å². The van der Waals surface area contributed by atoms with Crippen molar-refractivity contribution in [2.75, 3.05) is 14.2 Å². The smallest absolute Gasteiger partial charge is 0.326 e. The van der Waals surface area contributed by atoms with Crippen molar-refractivity contribution < 1.29 is 24.2 Å². The number of carbonyl (C=O) groups excluding carboxylic acids is 1. The quantitative estimate of drug-likeness (QED) is 0.892. The number of aliphatic carboxylic acids is 1. The number of nitrogens with zero attached hydrogens (tertiary/aromatic N) is 1. The number of hydrogen-bond acceptors (Lipinski definition) is 4. The van der Waals surface area contributed by atoms with Crippen molar-refractivity contribution in [3.8, 4) is 11.5 Å². The maximum absolute atomic E-state index is 13.2. The number of carboxylic acid groups (broad SMARTS) is 1. The Labute approximate surface area is 152 Å². The third-order valence-corrected chi connectivity index (χ3v) is 4.72. The first-order valence-corrected chi connectivity index (χ1v) is 8.39. The minimum Gasteiger partial charge on any atom is -0.497 e. The molecule has 2 atom stereocenters. The lowest BCUT2D eigenvalue weighted by molar-refractivity contribution is -0.141. The van der Waals surface area contributed by atoms with E-state index in [-0.39, 0.29) is 11.9 Å². The van der Waals surface area contributed by atoms with Gasteiger partial charge in [-0.2, -0.15) is 0 Å². The van der Waals surface area contributed by atoms with E-state index >= 15 is 0 Å². The molecule has 136 valence electrons. The summed E-state index contributed by atoms with van der Waals surface area (Å²) < 4.78 is 10.6. The summed E-state index contributed by atoms with van der Waals surface area (Å²) in [5.74, 6) is -0.133. The number of benzene rings is 2. The second-order valence-electron chi connectivity index (χ2n) is 6.13. The van der Waals surface area contributed by atoms with Gasteiger partial charge in [0.1, 0.15) is 17.5 Å². The molecule has 3 rings (SSSR count). The molecule has 0 saturated carbocycles. The topological polar surface area (TPSA) is 76.1 Å². The van der Waals surface area contributed by atoms with Crippen molar-refractivity contribution in [3.05, 3.63) is 59.7 Å². The molecule has 1 aliphatic heterocycles. The molecule has 0 aromatic heterocycles.